The van der Waals surface area contributed by atoms with Crippen LogP contribution in [-0.4, -0.2) is 65.6 Å². The summed E-state index contributed by atoms with van der Waals surface area (Å²) in [6.45, 7) is 3.15. The van der Waals surface area contributed by atoms with Crippen molar-refractivity contribution in [2.75, 3.05) is 33.7 Å². The number of aromatic nitrogens is 1. The minimum Gasteiger partial charge on any atom is -0.477 e. The van der Waals surface area contributed by atoms with E-state index in [-0.39, 0.29) is 0 Å². The highest BCUT2D eigenvalue weighted by molar-refractivity contribution is 7.13. The van der Waals surface area contributed by atoms with Crippen molar-refractivity contribution in [3.05, 3.63) is 16.1 Å². The number of carbonyl (C=O) groups is 1. The van der Waals surface area contributed by atoms with Gasteiger partial charge in [0.25, 0.3) is 0 Å². The molecule has 1 atom stereocenters. The van der Waals surface area contributed by atoms with Crippen molar-refractivity contribution < 1.29 is 9.90 Å². The second kappa shape index (κ2) is 5.12. The summed E-state index contributed by atoms with van der Waals surface area (Å²) in [5.41, 5.74) is 0. The highest BCUT2D eigenvalue weighted by Crippen LogP contribution is 2.18. The summed E-state index contributed by atoms with van der Waals surface area (Å²) in [4.78, 5) is 19.9. The van der Waals surface area contributed by atoms with Crippen molar-refractivity contribution in [2.45, 2.75) is 12.5 Å². The lowest BCUT2D eigenvalue weighted by Crippen LogP contribution is -2.50. The molecule has 2 heterocycles. The van der Waals surface area contributed by atoms with Crippen LogP contribution in [0.1, 0.15) is 14.7 Å². The third-order valence-electron chi connectivity index (χ3n) is 3.15. The summed E-state index contributed by atoms with van der Waals surface area (Å²) >= 11 is 1.28. The van der Waals surface area contributed by atoms with Gasteiger partial charge in [0.05, 0.1) is 11.2 Å². The van der Waals surface area contributed by atoms with E-state index < -0.39 is 5.97 Å². The molecule has 5 nitrogen and oxygen atoms in total. The second-order valence-electron chi connectivity index (χ2n) is 4.52. The summed E-state index contributed by atoms with van der Waals surface area (Å²) in [6, 6.07) is 0.432. The van der Waals surface area contributed by atoms with Crippen LogP contribution in [0, 0.1) is 0 Å². The lowest BCUT2D eigenvalue weighted by molar-refractivity contribution is 0.0702. The molecular formula is C11H17N3O2S. The van der Waals surface area contributed by atoms with Gasteiger partial charge in [-0.2, -0.15) is 0 Å². The Kier molecular flexibility index (Phi) is 3.76. The third kappa shape index (κ3) is 3.02. The number of carboxylic acids is 1. The van der Waals surface area contributed by atoms with Crippen molar-refractivity contribution in [3.63, 3.8) is 0 Å². The maximum Gasteiger partial charge on any atom is 0.347 e. The Hall–Kier alpha value is -0.980. The van der Waals surface area contributed by atoms with Crippen molar-refractivity contribution in [1.82, 2.24) is 14.8 Å². The fourth-order valence-electron chi connectivity index (χ4n) is 2.03. The van der Waals surface area contributed by atoms with Gasteiger partial charge in [0, 0.05) is 32.1 Å². The van der Waals surface area contributed by atoms with E-state index in [1.54, 1.807) is 0 Å². The zero-order valence-corrected chi connectivity index (χ0v) is 10.9. The van der Waals surface area contributed by atoms with Crippen LogP contribution >= 0.6 is 11.3 Å². The van der Waals surface area contributed by atoms with Crippen LogP contribution in [0.2, 0.25) is 0 Å². The number of nitrogens with zero attached hydrogens (tertiary/aromatic N) is 3. The van der Waals surface area contributed by atoms with Crippen LogP contribution in [0.25, 0.3) is 0 Å². The van der Waals surface area contributed by atoms with Gasteiger partial charge in [0.1, 0.15) is 4.88 Å². The van der Waals surface area contributed by atoms with Gasteiger partial charge >= 0.3 is 5.97 Å². The molecule has 0 bridgehead atoms. The number of rotatable bonds is 3. The molecule has 1 saturated heterocycles. The van der Waals surface area contributed by atoms with Gasteiger partial charge in [-0.1, -0.05) is 0 Å². The van der Waals surface area contributed by atoms with E-state index in [1.165, 1.54) is 17.5 Å². The summed E-state index contributed by atoms with van der Waals surface area (Å²) in [6.07, 6.45) is 2.29. The fraction of sp³-hybridized carbons (Fsp3) is 0.636. The summed E-state index contributed by atoms with van der Waals surface area (Å²) in [5, 5.41) is 9.76. The van der Waals surface area contributed by atoms with E-state index in [0.717, 1.165) is 31.1 Å². The Morgan fingerprint density at radius 3 is 3.00 bits per heavy atom. The van der Waals surface area contributed by atoms with E-state index in [2.05, 4.69) is 28.9 Å². The zero-order valence-electron chi connectivity index (χ0n) is 10.1. The molecule has 1 aliphatic heterocycles. The summed E-state index contributed by atoms with van der Waals surface area (Å²) in [7, 11) is 4.23. The molecule has 1 aromatic heterocycles. The van der Waals surface area contributed by atoms with Crippen LogP contribution in [0.4, 0.5) is 0 Å². The van der Waals surface area contributed by atoms with Gasteiger partial charge in [0.15, 0.2) is 0 Å². The highest BCUT2D eigenvalue weighted by Gasteiger charge is 2.23. The van der Waals surface area contributed by atoms with E-state index in [4.69, 9.17) is 5.11 Å². The number of thiazole rings is 1. The van der Waals surface area contributed by atoms with E-state index in [9.17, 15) is 4.79 Å². The normalized spacial score (nSPS) is 22.8. The largest absolute Gasteiger partial charge is 0.477 e. The Morgan fingerprint density at radius 2 is 2.35 bits per heavy atom. The lowest BCUT2D eigenvalue weighted by Gasteiger charge is -2.37. The molecule has 1 aliphatic rings. The molecule has 1 N–H and O–H groups in total. The molecule has 2 rings (SSSR count). The molecule has 0 aromatic carbocycles. The summed E-state index contributed by atoms with van der Waals surface area (Å²) in [5.74, 6) is -0.886. The van der Waals surface area contributed by atoms with E-state index in [0.29, 0.717) is 10.9 Å². The number of likely N-dealkylation sites (N-methyl/N-ethyl adjacent to an activating group) is 2. The predicted octanol–water partition coefficient (Wildman–Crippen LogP) is 0.630. The first-order valence-corrected chi connectivity index (χ1v) is 6.44. The molecule has 0 radical (unpaired) electrons. The molecule has 0 aliphatic carbocycles. The Bertz CT molecular complexity index is 407. The van der Waals surface area contributed by atoms with Crippen molar-refractivity contribution in [2.24, 2.45) is 0 Å². The molecule has 0 spiro atoms. The first-order valence-electron chi connectivity index (χ1n) is 5.63. The van der Waals surface area contributed by atoms with Crippen molar-refractivity contribution >= 4 is 17.3 Å². The highest BCUT2D eigenvalue weighted by atomic mass is 32.1. The Labute approximate surface area is 105 Å². The molecular weight excluding hydrogens is 238 g/mol. The maximum atomic E-state index is 10.8. The first kappa shape index (κ1) is 12.5. The van der Waals surface area contributed by atoms with Crippen LogP contribution in [0.3, 0.4) is 0 Å². The molecule has 0 saturated carbocycles. The zero-order chi connectivity index (χ0) is 12.4. The second-order valence-corrected chi connectivity index (χ2v) is 5.64. The molecule has 1 fully saturated rings. The molecule has 94 valence electrons. The smallest absolute Gasteiger partial charge is 0.347 e. The van der Waals surface area contributed by atoms with E-state index in [1.807, 2.05) is 0 Å². The average Bonchev–Trinajstić information content (AvgIpc) is 2.72. The number of aromatic carboxylic acids is 1. The minimum atomic E-state index is -0.886. The number of piperazine rings is 1. The van der Waals surface area contributed by atoms with Crippen molar-refractivity contribution in [3.8, 4) is 0 Å². The molecule has 1 unspecified atom stereocenters. The fourth-order valence-corrected chi connectivity index (χ4v) is 2.85. The topological polar surface area (TPSA) is 56.7 Å². The van der Waals surface area contributed by atoms with Gasteiger partial charge in [0.2, 0.25) is 0 Å². The van der Waals surface area contributed by atoms with Crippen LogP contribution in [0.15, 0.2) is 6.20 Å². The van der Waals surface area contributed by atoms with Crippen LogP contribution in [0.5, 0.6) is 0 Å². The predicted molar refractivity (Wildman–Crippen MR) is 66.7 cm³/mol. The Morgan fingerprint density at radius 1 is 1.59 bits per heavy atom. The third-order valence-corrected chi connectivity index (χ3v) is 4.16. The average molecular weight is 255 g/mol. The number of carboxylic acid groups (broad SMARTS) is 1. The van der Waals surface area contributed by atoms with Gasteiger partial charge in [-0.05, 0) is 14.1 Å². The van der Waals surface area contributed by atoms with Gasteiger partial charge in [-0.15, -0.1) is 11.3 Å². The van der Waals surface area contributed by atoms with Gasteiger partial charge in [-0.3, -0.25) is 0 Å². The molecule has 0 amide bonds. The standard InChI is InChI=1S/C11H17N3O2S/c1-13-3-4-14(2)8(7-13)5-10-12-6-9(17-10)11(15)16/h6,8H,3-5,7H2,1-2H3,(H,15,16). The van der Waals surface area contributed by atoms with Gasteiger partial charge in [-0.25, -0.2) is 9.78 Å². The monoisotopic (exact) mass is 255 g/mol. The maximum absolute atomic E-state index is 10.8. The van der Waals surface area contributed by atoms with Crippen LogP contribution in [-0.2, 0) is 6.42 Å². The molecule has 1 aromatic rings. The van der Waals surface area contributed by atoms with Crippen molar-refractivity contribution in [1.29, 1.82) is 0 Å². The van der Waals surface area contributed by atoms with Crippen LogP contribution < -0.4 is 0 Å². The van der Waals surface area contributed by atoms with E-state index >= 15 is 0 Å². The minimum absolute atomic E-state index is 0.326. The SMILES string of the molecule is CN1CCN(C)C(Cc2ncc(C(=O)O)s2)C1. The number of hydrogen-bond acceptors (Lipinski definition) is 5. The van der Waals surface area contributed by atoms with Gasteiger partial charge < -0.3 is 14.9 Å². The number of hydrogen-bond donors (Lipinski definition) is 1. The first-order chi connectivity index (χ1) is 8.06. The molecule has 17 heavy (non-hydrogen) atoms. The quantitative estimate of drug-likeness (QED) is 0.858. The summed E-state index contributed by atoms with van der Waals surface area (Å²) < 4.78 is 0. The lowest BCUT2D eigenvalue weighted by atomic mass is 10.1. The Balaban J connectivity index is 2.01. The molecule has 6 heteroatoms.